The van der Waals surface area contributed by atoms with Gasteiger partial charge in [0.2, 0.25) is 0 Å². The molecule has 1 rings (SSSR count). The van der Waals surface area contributed by atoms with E-state index in [1.54, 1.807) is 19.0 Å². The topological polar surface area (TPSA) is 42.1 Å². The summed E-state index contributed by atoms with van der Waals surface area (Å²) in [5, 5.41) is 0. The van der Waals surface area contributed by atoms with Gasteiger partial charge in [0.05, 0.1) is 11.9 Å². The maximum Gasteiger partial charge on any atom is 0.151 e. The van der Waals surface area contributed by atoms with Crippen LogP contribution in [0.15, 0.2) is 12.3 Å². The van der Waals surface area contributed by atoms with Gasteiger partial charge in [-0.05, 0) is 0 Å². The number of anilines is 2. The largest absolute Gasteiger partial charge is 0.395 e. The van der Waals surface area contributed by atoms with Crippen LogP contribution in [0.4, 0.5) is 15.9 Å². The Labute approximate surface area is 64.6 Å². The SMILES string of the molecule is CN(C)c1cc(F)c(N)cn1. The van der Waals surface area contributed by atoms with Crippen molar-refractivity contribution >= 4 is 11.5 Å². The molecule has 1 aromatic rings. The van der Waals surface area contributed by atoms with Crippen molar-refractivity contribution in [2.75, 3.05) is 24.7 Å². The molecule has 0 aliphatic carbocycles. The lowest BCUT2D eigenvalue weighted by atomic mass is 10.4. The van der Waals surface area contributed by atoms with Gasteiger partial charge < -0.3 is 10.6 Å². The summed E-state index contributed by atoms with van der Waals surface area (Å²) in [4.78, 5) is 5.61. The van der Waals surface area contributed by atoms with Gasteiger partial charge in [0.15, 0.2) is 5.82 Å². The molecule has 0 spiro atoms. The molecule has 1 heterocycles. The van der Waals surface area contributed by atoms with Crippen molar-refractivity contribution < 1.29 is 4.39 Å². The fraction of sp³-hybridized carbons (Fsp3) is 0.286. The van der Waals surface area contributed by atoms with E-state index in [0.717, 1.165) is 0 Å². The van der Waals surface area contributed by atoms with Gasteiger partial charge in [-0.15, -0.1) is 0 Å². The highest BCUT2D eigenvalue weighted by Crippen LogP contribution is 2.13. The van der Waals surface area contributed by atoms with Gasteiger partial charge in [0, 0.05) is 20.2 Å². The van der Waals surface area contributed by atoms with Crippen molar-refractivity contribution in [3.05, 3.63) is 18.1 Å². The number of rotatable bonds is 1. The van der Waals surface area contributed by atoms with Gasteiger partial charge in [-0.1, -0.05) is 0 Å². The summed E-state index contributed by atoms with van der Waals surface area (Å²) in [6.07, 6.45) is 1.31. The molecule has 0 aliphatic rings. The quantitative estimate of drug-likeness (QED) is 0.654. The monoisotopic (exact) mass is 155 g/mol. The summed E-state index contributed by atoms with van der Waals surface area (Å²) in [6, 6.07) is 1.30. The summed E-state index contributed by atoms with van der Waals surface area (Å²) in [6.45, 7) is 0. The summed E-state index contributed by atoms with van der Waals surface area (Å²) in [5.41, 5.74) is 5.31. The Balaban J connectivity index is 3.05. The van der Waals surface area contributed by atoms with Gasteiger partial charge in [0.1, 0.15) is 5.82 Å². The molecule has 0 radical (unpaired) electrons. The lowest BCUT2D eigenvalue weighted by Gasteiger charge is -2.10. The molecule has 0 aliphatic heterocycles. The molecule has 0 amide bonds. The number of hydrogen-bond acceptors (Lipinski definition) is 3. The van der Waals surface area contributed by atoms with E-state index in [-0.39, 0.29) is 5.69 Å². The second kappa shape index (κ2) is 2.74. The van der Waals surface area contributed by atoms with Crippen molar-refractivity contribution in [3.63, 3.8) is 0 Å². The summed E-state index contributed by atoms with van der Waals surface area (Å²) >= 11 is 0. The minimum atomic E-state index is -0.427. The third kappa shape index (κ3) is 1.58. The first-order valence-corrected chi connectivity index (χ1v) is 3.19. The Hall–Kier alpha value is -1.32. The normalized spacial score (nSPS) is 9.73. The Morgan fingerprint density at radius 2 is 2.18 bits per heavy atom. The van der Waals surface area contributed by atoms with E-state index < -0.39 is 5.82 Å². The lowest BCUT2D eigenvalue weighted by Crippen LogP contribution is -2.11. The molecule has 0 saturated heterocycles. The number of nitrogen functional groups attached to an aromatic ring is 1. The molecule has 0 saturated carbocycles. The fourth-order valence-electron chi connectivity index (χ4n) is 0.676. The van der Waals surface area contributed by atoms with Crippen molar-refractivity contribution in [1.29, 1.82) is 0 Å². The molecule has 4 heteroatoms. The minimum Gasteiger partial charge on any atom is -0.395 e. The van der Waals surface area contributed by atoms with Crippen LogP contribution in [0, 0.1) is 5.82 Å². The smallest absolute Gasteiger partial charge is 0.151 e. The number of aromatic nitrogens is 1. The van der Waals surface area contributed by atoms with Crippen LogP contribution in [0.1, 0.15) is 0 Å². The van der Waals surface area contributed by atoms with Gasteiger partial charge in [0.25, 0.3) is 0 Å². The number of hydrogen-bond donors (Lipinski definition) is 1. The first-order chi connectivity index (χ1) is 5.11. The number of nitrogens with zero attached hydrogens (tertiary/aromatic N) is 2. The summed E-state index contributed by atoms with van der Waals surface area (Å²) in [7, 11) is 3.58. The maximum atomic E-state index is 12.7. The van der Waals surface area contributed by atoms with Crippen LogP contribution in [0.3, 0.4) is 0 Å². The van der Waals surface area contributed by atoms with E-state index in [0.29, 0.717) is 5.82 Å². The van der Waals surface area contributed by atoms with Crippen molar-refractivity contribution in [1.82, 2.24) is 4.98 Å². The first kappa shape index (κ1) is 7.78. The Morgan fingerprint density at radius 1 is 1.55 bits per heavy atom. The highest BCUT2D eigenvalue weighted by atomic mass is 19.1. The van der Waals surface area contributed by atoms with Gasteiger partial charge in [-0.2, -0.15) is 0 Å². The molecular weight excluding hydrogens is 145 g/mol. The van der Waals surface area contributed by atoms with Gasteiger partial charge >= 0.3 is 0 Å². The van der Waals surface area contributed by atoms with E-state index in [1.807, 2.05) is 0 Å². The lowest BCUT2D eigenvalue weighted by molar-refractivity contribution is 0.630. The van der Waals surface area contributed by atoms with Crippen LogP contribution in [0.25, 0.3) is 0 Å². The predicted molar refractivity (Wildman–Crippen MR) is 42.9 cm³/mol. The van der Waals surface area contributed by atoms with E-state index in [1.165, 1.54) is 12.3 Å². The van der Waals surface area contributed by atoms with Crippen LogP contribution in [-0.4, -0.2) is 19.1 Å². The fourth-order valence-corrected chi connectivity index (χ4v) is 0.676. The zero-order valence-electron chi connectivity index (χ0n) is 6.50. The molecule has 0 bridgehead atoms. The average molecular weight is 155 g/mol. The highest BCUT2D eigenvalue weighted by molar-refractivity contribution is 5.46. The number of pyridine rings is 1. The molecule has 0 atom stereocenters. The van der Waals surface area contributed by atoms with Crippen molar-refractivity contribution in [2.45, 2.75) is 0 Å². The van der Waals surface area contributed by atoms with E-state index in [9.17, 15) is 4.39 Å². The average Bonchev–Trinajstić information content (AvgIpc) is 1.94. The standard InChI is InChI=1S/C7H10FN3/c1-11(2)7-3-5(8)6(9)4-10-7/h3-4H,9H2,1-2H3. The summed E-state index contributed by atoms with van der Waals surface area (Å²) in [5.74, 6) is 0.139. The molecular formula is C7H10FN3. The zero-order chi connectivity index (χ0) is 8.43. The van der Waals surface area contributed by atoms with Crippen LogP contribution < -0.4 is 10.6 Å². The molecule has 60 valence electrons. The Bertz CT molecular complexity index is 260. The molecule has 11 heavy (non-hydrogen) atoms. The van der Waals surface area contributed by atoms with E-state index >= 15 is 0 Å². The summed E-state index contributed by atoms with van der Waals surface area (Å²) < 4.78 is 12.7. The second-order valence-corrected chi connectivity index (χ2v) is 2.46. The Morgan fingerprint density at radius 3 is 2.64 bits per heavy atom. The molecule has 0 aromatic carbocycles. The maximum absolute atomic E-state index is 12.7. The van der Waals surface area contributed by atoms with E-state index in [2.05, 4.69) is 4.98 Å². The van der Waals surface area contributed by atoms with E-state index in [4.69, 9.17) is 5.73 Å². The zero-order valence-corrected chi connectivity index (χ0v) is 6.50. The van der Waals surface area contributed by atoms with Crippen LogP contribution in [0.2, 0.25) is 0 Å². The van der Waals surface area contributed by atoms with Crippen molar-refractivity contribution in [2.24, 2.45) is 0 Å². The van der Waals surface area contributed by atoms with Gasteiger partial charge in [-0.3, -0.25) is 0 Å². The molecule has 0 fully saturated rings. The number of halogens is 1. The first-order valence-electron chi connectivity index (χ1n) is 3.19. The third-order valence-electron chi connectivity index (χ3n) is 1.33. The Kier molecular flexibility index (Phi) is 1.94. The van der Waals surface area contributed by atoms with Crippen molar-refractivity contribution in [3.8, 4) is 0 Å². The molecule has 0 unspecified atom stereocenters. The molecule has 3 nitrogen and oxygen atoms in total. The predicted octanol–water partition coefficient (Wildman–Crippen LogP) is 0.869. The minimum absolute atomic E-state index is 0.0793. The van der Waals surface area contributed by atoms with Crippen LogP contribution in [-0.2, 0) is 0 Å². The third-order valence-corrected chi connectivity index (χ3v) is 1.33. The van der Waals surface area contributed by atoms with Gasteiger partial charge in [-0.25, -0.2) is 9.37 Å². The highest BCUT2D eigenvalue weighted by Gasteiger charge is 2.01. The number of nitrogens with two attached hydrogens (primary N) is 1. The molecule has 1 aromatic heterocycles. The molecule has 2 N–H and O–H groups in total. The van der Waals surface area contributed by atoms with Crippen LogP contribution >= 0.6 is 0 Å². The van der Waals surface area contributed by atoms with Crippen LogP contribution in [0.5, 0.6) is 0 Å². The second-order valence-electron chi connectivity index (χ2n) is 2.46.